The maximum absolute atomic E-state index is 13.0. The third kappa shape index (κ3) is 3.49. The van der Waals surface area contributed by atoms with Gasteiger partial charge in [0.1, 0.15) is 10.7 Å². The van der Waals surface area contributed by atoms with E-state index in [1.807, 2.05) is 0 Å². The van der Waals surface area contributed by atoms with Crippen LogP contribution in [-0.2, 0) is 10.0 Å². The second-order valence-electron chi connectivity index (χ2n) is 5.05. The lowest BCUT2D eigenvalue weighted by atomic mass is 9.98. The van der Waals surface area contributed by atoms with Crippen molar-refractivity contribution in [3.8, 4) is 0 Å². The standard InChI is InChI=1S/C13H18ClFN2O2S/c1-17(9-10-4-6-16-7-5-10)20(18,19)13-3-2-11(15)8-12(13)14/h2-3,8,10,16H,4-7,9H2,1H3. The van der Waals surface area contributed by atoms with Crippen LogP contribution in [0, 0.1) is 11.7 Å². The van der Waals surface area contributed by atoms with Crippen LogP contribution < -0.4 is 5.32 Å². The number of sulfonamides is 1. The van der Waals surface area contributed by atoms with Crippen LogP contribution >= 0.6 is 11.6 Å². The van der Waals surface area contributed by atoms with Crippen molar-refractivity contribution in [1.29, 1.82) is 0 Å². The van der Waals surface area contributed by atoms with Crippen LogP contribution in [0.25, 0.3) is 0 Å². The Morgan fingerprint density at radius 3 is 2.65 bits per heavy atom. The van der Waals surface area contributed by atoms with Crippen LogP contribution in [0.4, 0.5) is 4.39 Å². The Morgan fingerprint density at radius 2 is 2.05 bits per heavy atom. The summed E-state index contributed by atoms with van der Waals surface area (Å²) in [6.45, 7) is 2.28. The summed E-state index contributed by atoms with van der Waals surface area (Å²) < 4.78 is 39.2. The molecule has 0 aliphatic carbocycles. The van der Waals surface area contributed by atoms with E-state index in [0.29, 0.717) is 12.5 Å². The van der Waals surface area contributed by atoms with Gasteiger partial charge in [-0.25, -0.2) is 17.1 Å². The van der Waals surface area contributed by atoms with E-state index in [1.54, 1.807) is 0 Å². The highest BCUT2D eigenvalue weighted by Crippen LogP contribution is 2.26. The molecule has 1 fully saturated rings. The normalized spacial score (nSPS) is 17.6. The summed E-state index contributed by atoms with van der Waals surface area (Å²) in [4.78, 5) is -0.0444. The zero-order chi connectivity index (χ0) is 14.8. The summed E-state index contributed by atoms with van der Waals surface area (Å²) in [6, 6.07) is 3.34. The lowest BCUT2D eigenvalue weighted by molar-refractivity contribution is 0.311. The van der Waals surface area contributed by atoms with Crippen LogP contribution in [0.1, 0.15) is 12.8 Å². The molecule has 0 aromatic heterocycles. The first-order valence-corrected chi connectivity index (χ1v) is 8.35. The van der Waals surface area contributed by atoms with Crippen LogP contribution in [-0.4, -0.2) is 39.4 Å². The molecule has 20 heavy (non-hydrogen) atoms. The molecule has 0 radical (unpaired) electrons. The molecule has 0 bridgehead atoms. The largest absolute Gasteiger partial charge is 0.317 e. The van der Waals surface area contributed by atoms with E-state index < -0.39 is 15.8 Å². The van der Waals surface area contributed by atoms with Gasteiger partial charge in [0.2, 0.25) is 10.0 Å². The maximum Gasteiger partial charge on any atom is 0.244 e. The first-order chi connectivity index (χ1) is 9.41. The molecule has 1 saturated heterocycles. The summed E-state index contributed by atoms with van der Waals surface area (Å²) in [5.74, 6) is -0.204. The van der Waals surface area contributed by atoms with Gasteiger partial charge in [-0.15, -0.1) is 0 Å². The van der Waals surface area contributed by atoms with Crippen molar-refractivity contribution in [1.82, 2.24) is 9.62 Å². The molecule has 0 saturated carbocycles. The molecule has 0 unspecified atom stereocenters. The predicted molar refractivity (Wildman–Crippen MR) is 76.8 cm³/mol. The van der Waals surface area contributed by atoms with Gasteiger partial charge in [-0.05, 0) is 50.0 Å². The molecular weight excluding hydrogens is 303 g/mol. The van der Waals surface area contributed by atoms with Gasteiger partial charge < -0.3 is 5.32 Å². The molecule has 0 amide bonds. The Balaban J connectivity index is 2.16. The third-order valence-corrected chi connectivity index (χ3v) is 5.86. The lowest BCUT2D eigenvalue weighted by Gasteiger charge is -2.27. The van der Waals surface area contributed by atoms with Crippen molar-refractivity contribution < 1.29 is 12.8 Å². The highest BCUT2D eigenvalue weighted by Gasteiger charge is 2.26. The molecule has 1 aromatic carbocycles. The summed E-state index contributed by atoms with van der Waals surface area (Å²) >= 11 is 5.85. The quantitative estimate of drug-likeness (QED) is 0.924. The van der Waals surface area contributed by atoms with E-state index in [9.17, 15) is 12.8 Å². The van der Waals surface area contributed by atoms with Crippen LogP contribution in [0.5, 0.6) is 0 Å². The fraction of sp³-hybridized carbons (Fsp3) is 0.538. The third-order valence-electron chi connectivity index (χ3n) is 3.56. The molecule has 2 rings (SSSR count). The van der Waals surface area contributed by atoms with Crippen molar-refractivity contribution in [2.45, 2.75) is 17.7 Å². The number of rotatable bonds is 4. The Bertz CT molecular complexity index is 574. The van der Waals surface area contributed by atoms with Crippen molar-refractivity contribution in [3.05, 3.63) is 29.0 Å². The number of piperidine rings is 1. The Hall–Kier alpha value is -0.690. The van der Waals surface area contributed by atoms with E-state index >= 15 is 0 Å². The summed E-state index contributed by atoms with van der Waals surface area (Å²) in [5, 5.41) is 3.16. The zero-order valence-electron chi connectivity index (χ0n) is 11.3. The smallest absolute Gasteiger partial charge is 0.244 e. The number of hydrogen-bond acceptors (Lipinski definition) is 3. The molecule has 1 aliphatic heterocycles. The fourth-order valence-electron chi connectivity index (χ4n) is 2.38. The highest BCUT2D eigenvalue weighted by atomic mass is 35.5. The molecule has 1 aromatic rings. The first kappa shape index (κ1) is 15.7. The van der Waals surface area contributed by atoms with E-state index in [4.69, 9.17) is 11.6 Å². The van der Waals surface area contributed by atoms with Crippen LogP contribution in [0.3, 0.4) is 0 Å². The molecule has 0 atom stereocenters. The van der Waals surface area contributed by atoms with Gasteiger partial charge in [-0.3, -0.25) is 0 Å². The average molecular weight is 321 g/mol. The molecule has 1 heterocycles. The fourth-order valence-corrected chi connectivity index (χ4v) is 4.13. The molecule has 4 nitrogen and oxygen atoms in total. The molecular formula is C13H18ClFN2O2S. The van der Waals surface area contributed by atoms with Crippen LogP contribution in [0.15, 0.2) is 23.1 Å². The highest BCUT2D eigenvalue weighted by molar-refractivity contribution is 7.89. The zero-order valence-corrected chi connectivity index (χ0v) is 12.8. The second-order valence-corrected chi connectivity index (χ2v) is 7.47. The molecule has 0 spiro atoms. The number of halogens is 2. The summed E-state index contributed by atoms with van der Waals surface area (Å²) in [7, 11) is -2.13. The van der Waals surface area contributed by atoms with Gasteiger partial charge in [0.25, 0.3) is 0 Å². The molecule has 112 valence electrons. The van der Waals surface area contributed by atoms with Crippen molar-refractivity contribution in [2.75, 3.05) is 26.7 Å². The number of hydrogen-bond donors (Lipinski definition) is 1. The van der Waals surface area contributed by atoms with Gasteiger partial charge in [0.15, 0.2) is 0 Å². The van der Waals surface area contributed by atoms with E-state index in [-0.39, 0.29) is 9.92 Å². The SMILES string of the molecule is CN(CC1CCNCC1)S(=O)(=O)c1ccc(F)cc1Cl. The topological polar surface area (TPSA) is 49.4 Å². The van der Waals surface area contributed by atoms with Gasteiger partial charge in [-0.1, -0.05) is 11.6 Å². The van der Waals surface area contributed by atoms with E-state index in [2.05, 4.69) is 5.32 Å². The van der Waals surface area contributed by atoms with Crippen molar-refractivity contribution in [2.24, 2.45) is 5.92 Å². The number of benzene rings is 1. The Kier molecular flexibility index (Phi) is 5.01. The van der Waals surface area contributed by atoms with Gasteiger partial charge in [-0.2, -0.15) is 0 Å². The van der Waals surface area contributed by atoms with Crippen molar-refractivity contribution >= 4 is 21.6 Å². The molecule has 1 N–H and O–H groups in total. The van der Waals surface area contributed by atoms with Gasteiger partial charge >= 0.3 is 0 Å². The minimum Gasteiger partial charge on any atom is -0.317 e. The van der Waals surface area contributed by atoms with E-state index in [1.165, 1.54) is 17.4 Å². The summed E-state index contributed by atoms with van der Waals surface area (Å²) in [5.41, 5.74) is 0. The monoisotopic (exact) mass is 320 g/mol. The maximum atomic E-state index is 13.0. The first-order valence-electron chi connectivity index (χ1n) is 6.53. The predicted octanol–water partition coefficient (Wildman–Crippen LogP) is 2.10. The molecule has 7 heteroatoms. The average Bonchev–Trinajstić information content (AvgIpc) is 2.39. The van der Waals surface area contributed by atoms with Gasteiger partial charge in [0, 0.05) is 13.6 Å². The lowest BCUT2D eigenvalue weighted by Crippen LogP contribution is -2.37. The second kappa shape index (κ2) is 6.39. The minimum absolute atomic E-state index is 0.0444. The van der Waals surface area contributed by atoms with Crippen molar-refractivity contribution in [3.63, 3.8) is 0 Å². The Labute approximate surface area is 124 Å². The number of nitrogens with zero attached hydrogens (tertiary/aromatic N) is 1. The van der Waals surface area contributed by atoms with E-state index in [0.717, 1.165) is 38.1 Å². The number of nitrogens with one attached hydrogen (secondary N) is 1. The molecule has 1 aliphatic rings. The minimum atomic E-state index is -3.67. The van der Waals surface area contributed by atoms with Crippen LogP contribution in [0.2, 0.25) is 5.02 Å². The summed E-state index contributed by atoms with van der Waals surface area (Å²) in [6.07, 6.45) is 1.91. The Morgan fingerprint density at radius 1 is 1.40 bits per heavy atom. The van der Waals surface area contributed by atoms with Gasteiger partial charge in [0.05, 0.1) is 5.02 Å².